The molecule has 0 aliphatic heterocycles. The molecule has 0 fully saturated rings. The largest absolute Gasteiger partial charge is 0.389 e. The number of allylic oxidation sites excluding steroid dienone is 3. The Morgan fingerprint density at radius 1 is 0.864 bits per heavy atom. The average Bonchev–Trinajstić information content (AvgIpc) is 2.63. The molecule has 116 valence electrons. The second-order valence-electron chi connectivity index (χ2n) is 4.14. The SMILES string of the molecule is C=C/C=C\C(=C)NC.CNc1ccccc1.c1ccccc1. The van der Waals surface area contributed by atoms with Gasteiger partial charge >= 0.3 is 0 Å². The lowest BCUT2D eigenvalue weighted by Gasteiger charge is -1.94. The van der Waals surface area contributed by atoms with E-state index in [1.54, 1.807) is 6.08 Å². The molecule has 2 heteroatoms. The second kappa shape index (κ2) is 14.7. The van der Waals surface area contributed by atoms with Crippen molar-refractivity contribution in [2.75, 3.05) is 19.4 Å². The first kappa shape index (κ1) is 19.3. The fourth-order valence-electron chi connectivity index (χ4n) is 1.26. The van der Waals surface area contributed by atoms with Crippen LogP contribution in [-0.4, -0.2) is 14.1 Å². The maximum absolute atomic E-state index is 3.66. The van der Waals surface area contributed by atoms with Crippen molar-refractivity contribution in [3.8, 4) is 0 Å². The molecule has 0 spiro atoms. The van der Waals surface area contributed by atoms with Gasteiger partial charge in [0.2, 0.25) is 0 Å². The van der Waals surface area contributed by atoms with E-state index in [1.165, 1.54) is 0 Å². The van der Waals surface area contributed by atoms with E-state index in [9.17, 15) is 0 Å². The van der Waals surface area contributed by atoms with E-state index in [1.807, 2.05) is 93.0 Å². The number of nitrogens with one attached hydrogen (secondary N) is 2. The number of anilines is 1. The molecule has 0 unspecified atom stereocenters. The lowest BCUT2D eigenvalue weighted by Crippen LogP contribution is -1.99. The van der Waals surface area contributed by atoms with E-state index >= 15 is 0 Å². The summed E-state index contributed by atoms with van der Waals surface area (Å²) in [6.45, 7) is 7.18. The smallest absolute Gasteiger partial charge is 0.0337 e. The van der Waals surface area contributed by atoms with Crippen molar-refractivity contribution in [2.45, 2.75) is 0 Å². The van der Waals surface area contributed by atoms with Gasteiger partial charge in [0.15, 0.2) is 0 Å². The van der Waals surface area contributed by atoms with Crippen LogP contribution >= 0.6 is 0 Å². The minimum atomic E-state index is 0.893. The Balaban J connectivity index is 0.000000304. The summed E-state index contributed by atoms with van der Waals surface area (Å²) in [5.74, 6) is 0. The lowest BCUT2D eigenvalue weighted by molar-refractivity contribution is 1.04. The number of para-hydroxylation sites is 1. The highest BCUT2D eigenvalue weighted by atomic mass is 14.8. The third-order valence-corrected chi connectivity index (χ3v) is 2.48. The summed E-state index contributed by atoms with van der Waals surface area (Å²) in [4.78, 5) is 0. The van der Waals surface area contributed by atoms with Crippen molar-refractivity contribution in [1.82, 2.24) is 5.32 Å². The maximum atomic E-state index is 3.66. The zero-order chi connectivity index (χ0) is 16.5. The molecule has 0 radical (unpaired) electrons. The number of benzene rings is 2. The molecule has 0 aliphatic rings. The van der Waals surface area contributed by atoms with Crippen LogP contribution in [0.2, 0.25) is 0 Å². The first-order chi connectivity index (χ1) is 10.7. The highest BCUT2D eigenvalue weighted by Crippen LogP contribution is 2.01. The van der Waals surface area contributed by atoms with Crippen molar-refractivity contribution in [2.24, 2.45) is 0 Å². The Bertz CT molecular complexity index is 489. The van der Waals surface area contributed by atoms with Gasteiger partial charge in [-0.15, -0.1) is 0 Å². The first-order valence-electron chi connectivity index (χ1n) is 7.13. The monoisotopic (exact) mass is 294 g/mol. The normalized spacial score (nSPS) is 8.64. The van der Waals surface area contributed by atoms with Gasteiger partial charge in [-0.3, -0.25) is 0 Å². The van der Waals surface area contributed by atoms with Crippen LogP contribution in [0.4, 0.5) is 5.69 Å². The molecule has 0 bridgehead atoms. The van der Waals surface area contributed by atoms with Crippen LogP contribution in [0.5, 0.6) is 0 Å². The molecule has 2 rings (SSSR count). The number of hydrogen-bond donors (Lipinski definition) is 2. The van der Waals surface area contributed by atoms with Crippen molar-refractivity contribution in [3.05, 3.63) is 104 Å². The van der Waals surface area contributed by atoms with E-state index < -0.39 is 0 Å². The molecule has 2 aromatic carbocycles. The van der Waals surface area contributed by atoms with Gasteiger partial charge in [0.05, 0.1) is 0 Å². The summed E-state index contributed by atoms with van der Waals surface area (Å²) in [5.41, 5.74) is 2.05. The Morgan fingerprint density at radius 2 is 1.32 bits per heavy atom. The van der Waals surface area contributed by atoms with E-state index in [0.717, 1.165) is 11.4 Å². The molecular weight excluding hydrogens is 268 g/mol. The van der Waals surface area contributed by atoms with Gasteiger partial charge in [0.1, 0.15) is 0 Å². The van der Waals surface area contributed by atoms with E-state index in [2.05, 4.69) is 23.8 Å². The third-order valence-electron chi connectivity index (χ3n) is 2.48. The van der Waals surface area contributed by atoms with Crippen LogP contribution in [0, 0.1) is 0 Å². The van der Waals surface area contributed by atoms with Crippen LogP contribution in [0.3, 0.4) is 0 Å². The van der Waals surface area contributed by atoms with E-state index in [4.69, 9.17) is 0 Å². The first-order valence-corrected chi connectivity index (χ1v) is 7.13. The van der Waals surface area contributed by atoms with Crippen LogP contribution in [-0.2, 0) is 0 Å². The molecule has 0 heterocycles. The number of rotatable bonds is 4. The summed E-state index contributed by atoms with van der Waals surface area (Å²) in [6, 6.07) is 22.1. The van der Waals surface area contributed by atoms with Crippen molar-refractivity contribution >= 4 is 5.69 Å². The highest BCUT2D eigenvalue weighted by Gasteiger charge is 1.78. The van der Waals surface area contributed by atoms with Crippen LogP contribution in [0.25, 0.3) is 0 Å². The molecule has 2 aromatic rings. The fraction of sp³-hybridized carbons (Fsp3) is 0.100. The molecule has 2 N–H and O–H groups in total. The van der Waals surface area contributed by atoms with Gasteiger partial charge in [-0.1, -0.05) is 79.9 Å². The van der Waals surface area contributed by atoms with Gasteiger partial charge in [-0.25, -0.2) is 0 Å². The minimum absolute atomic E-state index is 0.893. The Hall–Kier alpha value is -2.74. The Kier molecular flexibility index (Phi) is 12.8. The summed E-state index contributed by atoms with van der Waals surface area (Å²) >= 11 is 0. The molecule has 2 nitrogen and oxygen atoms in total. The zero-order valence-corrected chi connectivity index (χ0v) is 13.5. The zero-order valence-electron chi connectivity index (χ0n) is 13.5. The molecule has 0 aromatic heterocycles. The average molecular weight is 294 g/mol. The number of likely N-dealkylation sites (N-methyl/N-ethyl adjacent to an activating group) is 1. The molecule has 22 heavy (non-hydrogen) atoms. The maximum Gasteiger partial charge on any atom is 0.0337 e. The third kappa shape index (κ3) is 12.3. The molecule has 0 atom stereocenters. The van der Waals surface area contributed by atoms with Crippen LogP contribution in [0.15, 0.2) is 104 Å². The summed E-state index contributed by atoms with van der Waals surface area (Å²) in [7, 11) is 3.74. The summed E-state index contributed by atoms with van der Waals surface area (Å²) in [6.07, 6.45) is 5.40. The predicted octanol–water partition coefficient (Wildman–Crippen LogP) is 4.88. The second-order valence-corrected chi connectivity index (χ2v) is 4.14. The quantitative estimate of drug-likeness (QED) is 0.786. The fourth-order valence-corrected chi connectivity index (χ4v) is 1.26. The summed E-state index contributed by atoms with van der Waals surface area (Å²) < 4.78 is 0. The molecule has 0 amide bonds. The molecule has 0 aliphatic carbocycles. The van der Waals surface area contributed by atoms with Crippen molar-refractivity contribution in [3.63, 3.8) is 0 Å². The lowest BCUT2D eigenvalue weighted by atomic mass is 10.3. The highest BCUT2D eigenvalue weighted by molar-refractivity contribution is 5.41. The van der Waals surface area contributed by atoms with Gasteiger partial charge < -0.3 is 10.6 Å². The topological polar surface area (TPSA) is 24.1 Å². The van der Waals surface area contributed by atoms with Crippen molar-refractivity contribution < 1.29 is 0 Å². The number of hydrogen-bond acceptors (Lipinski definition) is 2. The van der Waals surface area contributed by atoms with Crippen LogP contribution < -0.4 is 10.6 Å². The van der Waals surface area contributed by atoms with E-state index in [0.29, 0.717) is 0 Å². The van der Waals surface area contributed by atoms with Gasteiger partial charge in [-0.05, 0) is 18.2 Å². The summed E-state index contributed by atoms with van der Waals surface area (Å²) in [5, 5.41) is 5.90. The molecular formula is C20H26N2. The molecule has 0 saturated heterocycles. The Labute approximate surface area is 134 Å². The van der Waals surface area contributed by atoms with E-state index in [-0.39, 0.29) is 0 Å². The van der Waals surface area contributed by atoms with Gasteiger partial charge in [0, 0.05) is 25.5 Å². The van der Waals surface area contributed by atoms with Gasteiger partial charge in [-0.2, -0.15) is 0 Å². The van der Waals surface area contributed by atoms with Crippen LogP contribution in [0.1, 0.15) is 0 Å². The molecule has 0 saturated carbocycles. The standard InChI is InChI=1S/C7H9N.C7H11N.C6H6/c1-8-7-5-3-2-4-6-7;1-4-5-6-7(2)8-3;1-2-4-6-5-3-1/h2-6,8H,1H3;4-6,8H,1-2H2,3H3;1-6H/b;6-5-;. The van der Waals surface area contributed by atoms with Gasteiger partial charge in [0.25, 0.3) is 0 Å². The Morgan fingerprint density at radius 3 is 1.64 bits per heavy atom. The van der Waals surface area contributed by atoms with Crippen molar-refractivity contribution in [1.29, 1.82) is 0 Å². The minimum Gasteiger partial charge on any atom is -0.389 e. The predicted molar refractivity (Wildman–Crippen MR) is 100.0 cm³/mol.